The molecule has 1 amide bonds. The number of unbranched alkanes of at least 4 members (excludes halogenated alkanes) is 23. The Hall–Kier alpha value is -3.94. The van der Waals surface area contributed by atoms with Crippen LogP contribution in [0.5, 0.6) is 0 Å². The molecule has 474 valence electrons. The average molecular weight is 1160 g/mol. The molecule has 8 atom stereocenters. The second kappa shape index (κ2) is 58.4. The van der Waals surface area contributed by atoms with Gasteiger partial charge in [-0.15, -0.1) is 0 Å². The van der Waals surface area contributed by atoms with Crippen LogP contribution in [0.3, 0.4) is 0 Å². The maximum Gasteiger partial charge on any atom is 0.306 e. The fourth-order valence-corrected chi connectivity index (χ4v) is 9.60. The van der Waals surface area contributed by atoms with Gasteiger partial charge in [0.05, 0.1) is 25.4 Å². The summed E-state index contributed by atoms with van der Waals surface area (Å²) in [7, 11) is 0. The van der Waals surface area contributed by atoms with Crippen LogP contribution in [-0.4, -0.2) is 99.6 Å². The van der Waals surface area contributed by atoms with E-state index in [0.717, 1.165) is 148 Å². The summed E-state index contributed by atoms with van der Waals surface area (Å²) in [5.41, 5.74) is 0. The Bertz CT molecular complexity index is 1810. The lowest BCUT2D eigenvalue weighted by Crippen LogP contribution is -2.61. The van der Waals surface area contributed by atoms with Crippen molar-refractivity contribution < 1.29 is 49.3 Å². The van der Waals surface area contributed by atoms with Crippen LogP contribution in [-0.2, 0) is 23.8 Å². The third-order valence-electron chi connectivity index (χ3n) is 14.8. The first kappa shape index (κ1) is 77.1. The van der Waals surface area contributed by atoms with Crippen LogP contribution in [0.4, 0.5) is 0 Å². The third kappa shape index (κ3) is 46.0. The van der Waals surface area contributed by atoms with E-state index in [-0.39, 0.29) is 19.4 Å². The highest BCUT2D eigenvalue weighted by atomic mass is 16.7. The highest BCUT2D eigenvalue weighted by Crippen LogP contribution is 2.26. The highest BCUT2D eigenvalue weighted by Gasteiger charge is 2.47. The molecule has 1 aliphatic heterocycles. The summed E-state index contributed by atoms with van der Waals surface area (Å²) < 4.78 is 17.6. The van der Waals surface area contributed by atoms with E-state index in [1.54, 1.807) is 6.08 Å². The summed E-state index contributed by atoms with van der Waals surface area (Å²) in [6, 6.07) is -1.04. The molecule has 0 radical (unpaired) electrons. The van der Waals surface area contributed by atoms with Gasteiger partial charge in [0.15, 0.2) is 12.4 Å². The molecule has 0 aromatic rings. The maximum absolute atomic E-state index is 13.5. The van der Waals surface area contributed by atoms with E-state index in [2.05, 4.69) is 135 Å². The number of hydrogen-bond acceptors (Lipinski definition) is 10. The van der Waals surface area contributed by atoms with Crippen molar-refractivity contribution in [2.45, 2.75) is 307 Å². The summed E-state index contributed by atoms with van der Waals surface area (Å²) in [6.07, 6.45) is 70.8. The van der Waals surface area contributed by atoms with Crippen LogP contribution in [0.1, 0.15) is 258 Å². The van der Waals surface area contributed by atoms with Crippen LogP contribution in [0.2, 0.25) is 0 Å². The monoisotopic (exact) mass is 1160 g/mol. The van der Waals surface area contributed by atoms with Crippen LogP contribution < -0.4 is 5.32 Å². The molecule has 1 saturated heterocycles. The fourth-order valence-electron chi connectivity index (χ4n) is 9.60. The zero-order valence-corrected chi connectivity index (χ0v) is 52.5. The van der Waals surface area contributed by atoms with Gasteiger partial charge in [0.25, 0.3) is 0 Å². The van der Waals surface area contributed by atoms with E-state index in [4.69, 9.17) is 14.2 Å². The lowest BCUT2D eigenvalue weighted by Gasteiger charge is -2.41. The zero-order valence-electron chi connectivity index (χ0n) is 52.5. The molecule has 0 aliphatic carbocycles. The molecule has 1 fully saturated rings. The van der Waals surface area contributed by atoms with E-state index in [0.29, 0.717) is 12.8 Å². The van der Waals surface area contributed by atoms with E-state index in [9.17, 15) is 35.1 Å². The Morgan fingerprint density at radius 1 is 0.482 bits per heavy atom. The first-order valence-corrected chi connectivity index (χ1v) is 33.3. The number of esters is 1. The first-order chi connectivity index (χ1) is 40.7. The summed E-state index contributed by atoms with van der Waals surface area (Å²) in [5.74, 6) is -1.23. The van der Waals surface area contributed by atoms with Crippen molar-refractivity contribution >= 4 is 11.9 Å². The van der Waals surface area contributed by atoms with Crippen LogP contribution in [0.25, 0.3) is 0 Å². The van der Waals surface area contributed by atoms with E-state index in [1.165, 1.54) is 64.2 Å². The van der Waals surface area contributed by atoms with Crippen molar-refractivity contribution in [3.05, 3.63) is 122 Å². The standard InChI is InChI=1S/C72H121NO10/c1-4-7-10-13-16-19-22-24-26-28-30-32-34-35-37-39-41-44-47-50-53-56-59-65(76)71(80)73-63(64(75)58-55-52-49-46-43-21-18-15-12-9-6-3)62-81-72-70(69(79)68(78)66(61-74)82-72)83-67(77)60-57-54-51-48-45-42-40-38-36-33-31-29-27-25-23-20-17-14-11-8-5-2/h8,11,16-17,19-20,24-27,30-33,35,37-38,40,55,58,63-66,68-70,72,74-76,78-79H,4-7,9-10,12-15,18,21-23,28-29,34,36,39,41-54,56-57,59-62H2,1-3H3,(H,73,80)/b11-8-,19-16-,20-17-,26-24-,27-25-,32-30-,33-31-,37-35-,40-38-,58-55+. The number of ether oxygens (including phenoxy) is 3. The SMILES string of the molecule is CC/C=C\C/C=C\C/C=C\C/C=C\C/C=C\CCCCCCCC(=O)OC1C(OCC(NC(=O)C(O)CCCCCCCC/C=C\C/C=C\C/C=C\C/C=C\CCCCC)C(O)/C=C/CCCCCCCCCCC)OC(CO)C(O)C1O. The van der Waals surface area contributed by atoms with Gasteiger partial charge >= 0.3 is 5.97 Å². The molecule has 0 bridgehead atoms. The second-order valence-corrected chi connectivity index (χ2v) is 22.5. The molecule has 0 aromatic heterocycles. The average Bonchev–Trinajstić information content (AvgIpc) is 3.69. The predicted molar refractivity (Wildman–Crippen MR) is 347 cm³/mol. The number of aliphatic hydroxyl groups is 5. The van der Waals surface area contributed by atoms with Gasteiger partial charge < -0.3 is 45.1 Å². The lowest BCUT2D eigenvalue weighted by molar-refractivity contribution is -0.305. The molecule has 6 N–H and O–H groups in total. The Labute approximate surface area is 506 Å². The molecular formula is C72H121NO10. The number of carbonyl (C=O) groups is 2. The third-order valence-corrected chi connectivity index (χ3v) is 14.8. The minimum Gasteiger partial charge on any atom is -0.454 e. The topological polar surface area (TPSA) is 175 Å². The van der Waals surface area contributed by atoms with Gasteiger partial charge in [0.2, 0.25) is 5.91 Å². The number of carbonyl (C=O) groups excluding carboxylic acids is 2. The molecular weight excluding hydrogens is 1040 g/mol. The van der Waals surface area contributed by atoms with Gasteiger partial charge in [0, 0.05) is 6.42 Å². The molecule has 83 heavy (non-hydrogen) atoms. The number of nitrogens with one attached hydrogen (secondary N) is 1. The minimum absolute atomic E-state index is 0.0933. The van der Waals surface area contributed by atoms with Crippen molar-refractivity contribution in [1.29, 1.82) is 0 Å². The van der Waals surface area contributed by atoms with Crippen LogP contribution >= 0.6 is 0 Å². The molecule has 1 aliphatic rings. The fraction of sp³-hybridized carbons (Fsp3) is 0.694. The molecule has 11 heteroatoms. The molecule has 1 heterocycles. The van der Waals surface area contributed by atoms with Crippen LogP contribution in [0.15, 0.2) is 122 Å². The Morgan fingerprint density at radius 3 is 1.33 bits per heavy atom. The van der Waals surface area contributed by atoms with Crippen molar-refractivity contribution in [1.82, 2.24) is 5.32 Å². The summed E-state index contributed by atoms with van der Waals surface area (Å²) in [6.45, 7) is 5.62. The minimum atomic E-state index is -1.63. The van der Waals surface area contributed by atoms with Gasteiger partial charge in [-0.05, 0) is 116 Å². The Kier molecular flexibility index (Phi) is 54.3. The molecule has 1 rings (SSSR count). The van der Waals surface area contributed by atoms with Gasteiger partial charge in [-0.1, -0.05) is 258 Å². The number of allylic oxidation sites excluding steroid dienone is 19. The van der Waals surface area contributed by atoms with E-state index < -0.39 is 67.4 Å². The summed E-state index contributed by atoms with van der Waals surface area (Å²) in [4.78, 5) is 26.6. The van der Waals surface area contributed by atoms with Gasteiger partial charge in [-0.3, -0.25) is 9.59 Å². The second-order valence-electron chi connectivity index (χ2n) is 22.5. The molecule has 11 nitrogen and oxygen atoms in total. The van der Waals surface area contributed by atoms with Crippen LogP contribution in [0, 0.1) is 0 Å². The maximum atomic E-state index is 13.5. The number of hydrogen-bond donors (Lipinski definition) is 6. The quantitative estimate of drug-likeness (QED) is 0.0195. The van der Waals surface area contributed by atoms with Gasteiger partial charge in [0.1, 0.15) is 24.4 Å². The van der Waals surface area contributed by atoms with Gasteiger partial charge in [-0.25, -0.2) is 0 Å². The Balaban J connectivity index is 2.64. The van der Waals surface area contributed by atoms with E-state index >= 15 is 0 Å². The summed E-state index contributed by atoms with van der Waals surface area (Å²) >= 11 is 0. The zero-order chi connectivity index (χ0) is 60.3. The number of rotatable bonds is 55. The smallest absolute Gasteiger partial charge is 0.306 e. The lowest BCUT2D eigenvalue weighted by atomic mass is 9.99. The van der Waals surface area contributed by atoms with Crippen molar-refractivity contribution in [3.8, 4) is 0 Å². The van der Waals surface area contributed by atoms with Crippen molar-refractivity contribution in [3.63, 3.8) is 0 Å². The normalized spacial score (nSPS) is 19.3. The largest absolute Gasteiger partial charge is 0.454 e. The number of amides is 1. The van der Waals surface area contributed by atoms with Gasteiger partial charge in [-0.2, -0.15) is 0 Å². The highest BCUT2D eigenvalue weighted by molar-refractivity contribution is 5.80. The molecule has 0 aromatic carbocycles. The molecule has 0 spiro atoms. The molecule has 8 unspecified atom stereocenters. The summed E-state index contributed by atoms with van der Waals surface area (Å²) in [5, 5.41) is 57.1. The van der Waals surface area contributed by atoms with E-state index in [1.807, 2.05) is 6.08 Å². The van der Waals surface area contributed by atoms with Crippen molar-refractivity contribution in [2.75, 3.05) is 13.2 Å². The Morgan fingerprint density at radius 2 is 0.867 bits per heavy atom. The first-order valence-electron chi connectivity index (χ1n) is 33.3. The predicted octanol–water partition coefficient (Wildman–Crippen LogP) is 16.6. The van der Waals surface area contributed by atoms with Crippen molar-refractivity contribution in [2.24, 2.45) is 0 Å². The number of aliphatic hydroxyl groups excluding tert-OH is 5. The molecule has 0 saturated carbocycles.